The Morgan fingerprint density at radius 2 is 1.81 bits per heavy atom. The number of carbonyl (C=O) groups excluding carboxylic acids is 1. The Kier molecular flexibility index (Phi) is 5.34. The molecule has 2 atom stereocenters. The third kappa shape index (κ3) is 3.95. The van der Waals surface area contributed by atoms with Gasteiger partial charge in [0.05, 0.1) is 23.2 Å². The minimum absolute atomic E-state index is 0.204. The van der Waals surface area contributed by atoms with Crippen LogP contribution in [0.2, 0.25) is 0 Å². The third-order valence-electron chi connectivity index (χ3n) is 5.70. The summed E-state index contributed by atoms with van der Waals surface area (Å²) in [6.45, 7) is 3.58. The lowest BCUT2D eigenvalue weighted by Gasteiger charge is -2.20. The maximum Gasteiger partial charge on any atom is 0.241 e. The number of nitrogens with zero attached hydrogens (tertiary/aromatic N) is 3. The third-order valence-corrected chi connectivity index (χ3v) is 7.99. The van der Waals surface area contributed by atoms with E-state index in [9.17, 15) is 13.2 Å². The first kappa shape index (κ1) is 18.6. The zero-order chi connectivity index (χ0) is 18.9. The van der Waals surface area contributed by atoms with Crippen LogP contribution in [0.5, 0.6) is 0 Å². The number of hydrogen-bond acceptors (Lipinski definition) is 6. The second-order valence-electron chi connectivity index (χ2n) is 7.56. The Labute approximate surface area is 160 Å². The van der Waals surface area contributed by atoms with Crippen molar-refractivity contribution < 1.29 is 13.2 Å². The van der Waals surface area contributed by atoms with Gasteiger partial charge >= 0.3 is 0 Å². The molecule has 2 unspecified atom stereocenters. The SMILES string of the molecule is O=C(Nc1ccc(N2CCCC2)nc1)C1CC(S(=O)(=O)N2CCCC2)CN1. The molecule has 27 heavy (non-hydrogen) atoms. The van der Waals surface area contributed by atoms with E-state index in [-0.39, 0.29) is 5.91 Å². The van der Waals surface area contributed by atoms with E-state index in [2.05, 4.69) is 20.5 Å². The molecule has 2 N–H and O–H groups in total. The van der Waals surface area contributed by atoms with Crippen LogP contribution in [0, 0.1) is 0 Å². The minimum Gasteiger partial charge on any atom is -0.357 e. The van der Waals surface area contributed by atoms with Crippen LogP contribution in [0.15, 0.2) is 18.3 Å². The summed E-state index contributed by atoms with van der Waals surface area (Å²) in [5.41, 5.74) is 0.635. The van der Waals surface area contributed by atoms with Gasteiger partial charge in [0, 0.05) is 32.7 Å². The number of sulfonamides is 1. The normalized spacial score (nSPS) is 26.6. The number of rotatable bonds is 5. The van der Waals surface area contributed by atoms with Crippen LogP contribution in [0.25, 0.3) is 0 Å². The Morgan fingerprint density at radius 1 is 1.11 bits per heavy atom. The van der Waals surface area contributed by atoms with Gasteiger partial charge in [-0.1, -0.05) is 0 Å². The number of hydrogen-bond donors (Lipinski definition) is 2. The average Bonchev–Trinajstić information content (AvgIpc) is 3.45. The van der Waals surface area contributed by atoms with E-state index in [0.29, 0.717) is 31.7 Å². The maximum atomic E-state index is 12.7. The van der Waals surface area contributed by atoms with E-state index in [0.717, 1.165) is 31.7 Å². The summed E-state index contributed by atoms with van der Waals surface area (Å²) in [6, 6.07) is 3.28. The Hall–Kier alpha value is -1.71. The highest BCUT2D eigenvalue weighted by molar-refractivity contribution is 7.89. The number of aromatic nitrogens is 1. The second kappa shape index (κ2) is 7.73. The molecule has 1 amide bonds. The standard InChI is InChI=1S/C18H27N5O3S/c24-18(21-14-5-6-17(20-12-14)22-7-1-2-8-22)16-11-15(13-19-16)27(25,26)23-9-3-4-10-23/h5-6,12,15-16,19H,1-4,7-11,13H2,(H,21,24). The molecular formula is C18H27N5O3S. The zero-order valence-corrected chi connectivity index (χ0v) is 16.2. The van der Waals surface area contributed by atoms with E-state index in [4.69, 9.17) is 0 Å². The van der Waals surface area contributed by atoms with E-state index >= 15 is 0 Å². The van der Waals surface area contributed by atoms with Crippen molar-refractivity contribution in [3.05, 3.63) is 18.3 Å². The molecule has 0 aromatic carbocycles. The quantitative estimate of drug-likeness (QED) is 0.768. The number of carbonyl (C=O) groups is 1. The van der Waals surface area contributed by atoms with Crippen molar-refractivity contribution in [3.63, 3.8) is 0 Å². The molecule has 148 valence electrons. The topological polar surface area (TPSA) is 94.6 Å². The molecule has 0 saturated carbocycles. The number of anilines is 2. The van der Waals surface area contributed by atoms with Crippen LogP contribution in [-0.4, -0.2) is 67.6 Å². The molecule has 1 aromatic heterocycles. The number of pyridine rings is 1. The molecule has 0 aliphatic carbocycles. The van der Waals surface area contributed by atoms with Crippen LogP contribution in [0.4, 0.5) is 11.5 Å². The molecule has 1 aromatic rings. The van der Waals surface area contributed by atoms with Gasteiger partial charge in [-0.3, -0.25) is 4.79 Å². The molecule has 3 aliphatic rings. The fourth-order valence-electron chi connectivity index (χ4n) is 4.11. The molecule has 8 nitrogen and oxygen atoms in total. The van der Waals surface area contributed by atoms with Crippen molar-refractivity contribution >= 4 is 27.4 Å². The number of amides is 1. The second-order valence-corrected chi connectivity index (χ2v) is 9.77. The predicted molar refractivity (Wildman–Crippen MR) is 104 cm³/mol. The molecule has 3 saturated heterocycles. The Morgan fingerprint density at radius 3 is 2.48 bits per heavy atom. The van der Waals surface area contributed by atoms with E-state index in [1.807, 2.05) is 12.1 Å². The summed E-state index contributed by atoms with van der Waals surface area (Å²) in [7, 11) is -3.32. The zero-order valence-electron chi connectivity index (χ0n) is 15.4. The largest absolute Gasteiger partial charge is 0.357 e. The summed E-state index contributed by atoms with van der Waals surface area (Å²) in [4.78, 5) is 19.2. The van der Waals surface area contributed by atoms with E-state index in [1.165, 1.54) is 12.8 Å². The van der Waals surface area contributed by atoms with Crippen molar-refractivity contribution in [1.29, 1.82) is 0 Å². The molecular weight excluding hydrogens is 366 g/mol. The molecule has 0 bridgehead atoms. The van der Waals surface area contributed by atoms with Crippen molar-refractivity contribution in [3.8, 4) is 0 Å². The summed E-state index contributed by atoms with van der Waals surface area (Å²) >= 11 is 0. The minimum atomic E-state index is -3.32. The highest BCUT2D eigenvalue weighted by atomic mass is 32.2. The molecule has 0 radical (unpaired) electrons. The van der Waals surface area contributed by atoms with Gasteiger partial charge in [-0.2, -0.15) is 0 Å². The van der Waals surface area contributed by atoms with Crippen LogP contribution in [0.1, 0.15) is 32.1 Å². The van der Waals surface area contributed by atoms with Gasteiger partial charge < -0.3 is 15.5 Å². The maximum absolute atomic E-state index is 12.7. The van der Waals surface area contributed by atoms with Gasteiger partial charge in [-0.15, -0.1) is 0 Å². The predicted octanol–water partition coefficient (Wildman–Crippen LogP) is 0.776. The first-order valence-corrected chi connectivity index (χ1v) is 11.3. The summed E-state index contributed by atoms with van der Waals surface area (Å²) in [5.74, 6) is 0.728. The van der Waals surface area contributed by atoms with E-state index < -0.39 is 21.3 Å². The Bertz CT molecular complexity index is 771. The highest BCUT2D eigenvalue weighted by Crippen LogP contribution is 2.24. The van der Waals surface area contributed by atoms with E-state index in [1.54, 1.807) is 10.5 Å². The van der Waals surface area contributed by atoms with Gasteiger partial charge in [-0.25, -0.2) is 17.7 Å². The van der Waals surface area contributed by atoms with Crippen molar-refractivity contribution in [2.24, 2.45) is 0 Å². The van der Waals surface area contributed by atoms with Crippen LogP contribution >= 0.6 is 0 Å². The van der Waals surface area contributed by atoms with Crippen molar-refractivity contribution in [2.45, 2.75) is 43.4 Å². The molecule has 3 aliphatic heterocycles. The summed E-state index contributed by atoms with van der Waals surface area (Å²) < 4.78 is 26.9. The highest BCUT2D eigenvalue weighted by Gasteiger charge is 2.40. The fourth-order valence-corrected chi connectivity index (χ4v) is 6.04. The lowest BCUT2D eigenvalue weighted by atomic mass is 10.2. The molecule has 4 rings (SSSR count). The fraction of sp³-hybridized carbons (Fsp3) is 0.667. The van der Waals surface area contributed by atoms with Gasteiger partial charge in [0.1, 0.15) is 5.82 Å². The van der Waals surface area contributed by atoms with Crippen molar-refractivity contribution in [1.82, 2.24) is 14.6 Å². The van der Waals surface area contributed by atoms with Gasteiger partial charge in [0.25, 0.3) is 0 Å². The molecule has 4 heterocycles. The lowest BCUT2D eigenvalue weighted by molar-refractivity contribution is -0.117. The van der Waals surface area contributed by atoms with Crippen LogP contribution < -0.4 is 15.5 Å². The average molecular weight is 394 g/mol. The smallest absolute Gasteiger partial charge is 0.241 e. The first-order chi connectivity index (χ1) is 13.0. The molecule has 9 heteroatoms. The lowest BCUT2D eigenvalue weighted by Crippen LogP contribution is -2.37. The van der Waals surface area contributed by atoms with Crippen LogP contribution in [0.3, 0.4) is 0 Å². The summed E-state index contributed by atoms with van der Waals surface area (Å²) in [5, 5.41) is 5.39. The van der Waals surface area contributed by atoms with Gasteiger partial charge in [0.2, 0.25) is 15.9 Å². The first-order valence-electron chi connectivity index (χ1n) is 9.78. The van der Waals surface area contributed by atoms with Crippen LogP contribution in [-0.2, 0) is 14.8 Å². The monoisotopic (exact) mass is 393 g/mol. The number of nitrogens with one attached hydrogen (secondary N) is 2. The van der Waals surface area contributed by atoms with Gasteiger partial charge in [0.15, 0.2) is 0 Å². The van der Waals surface area contributed by atoms with Gasteiger partial charge in [-0.05, 0) is 44.2 Å². The molecule has 0 spiro atoms. The van der Waals surface area contributed by atoms with Crippen molar-refractivity contribution in [2.75, 3.05) is 42.9 Å². The molecule has 3 fully saturated rings. The Balaban J connectivity index is 1.33. The summed E-state index contributed by atoms with van der Waals surface area (Å²) in [6.07, 6.45) is 6.19.